The Labute approximate surface area is 98.5 Å². The third-order valence-corrected chi connectivity index (χ3v) is 2.31. The van der Waals surface area contributed by atoms with Gasteiger partial charge in [0.15, 0.2) is 0 Å². The standard InChI is InChI=1S/C15H20O/c1-6-8-12-9-7-10-13(14(12)16-5)11-15(2,3)4/h7-10H,1,11H2,2-5H3. The average molecular weight is 216 g/mol. The Kier molecular flexibility index (Phi) is 3.98. The predicted molar refractivity (Wildman–Crippen MR) is 69.8 cm³/mol. The Hall–Kier alpha value is -1.46. The molecule has 0 heterocycles. The van der Waals surface area contributed by atoms with Gasteiger partial charge in [-0.3, -0.25) is 0 Å². The largest absolute Gasteiger partial charge is 0.496 e. The van der Waals surface area contributed by atoms with Crippen LogP contribution in [0.25, 0.3) is 6.08 Å². The van der Waals surface area contributed by atoms with Crippen LogP contribution < -0.4 is 4.74 Å². The van der Waals surface area contributed by atoms with Crippen LogP contribution in [-0.4, -0.2) is 7.11 Å². The van der Waals surface area contributed by atoms with Gasteiger partial charge < -0.3 is 4.74 Å². The van der Waals surface area contributed by atoms with E-state index in [9.17, 15) is 0 Å². The van der Waals surface area contributed by atoms with E-state index in [1.54, 1.807) is 7.11 Å². The third-order valence-electron chi connectivity index (χ3n) is 2.31. The lowest BCUT2D eigenvalue weighted by Gasteiger charge is -2.20. The van der Waals surface area contributed by atoms with Crippen molar-refractivity contribution in [2.45, 2.75) is 27.2 Å². The van der Waals surface area contributed by atoms with Crippen LogP contribution >= 0.6 is 0 Å². The van der Waals surface area contributed by atoms with Gasteiger partial charge in [0.2, 0.25) is 0 Å². The third kappa shape index (κ3) is 3.29. The molecule has 0 aliphatic carbocycles. The highest BCUT2D eigenvalue weighted by Crippen LogP contribution is 2.30. The molecule has 0 N–H and O–H groups in total. The number of methoxy groups -OCH3 is 1. The van der Waals surface area contributed by atoms with Crippen LogP contribution in [0.1, 0.15) is 31.9 Å². The maximum Gasteiger partial charge on any atom is 0.129 e. The fourth-order valence-corrected chi connectivity index (χ4v) is 1.79. The second-order valence-corrected chi connectivity index (χ2v) is 5.13. The van der Waals surface area contributed by atoms with Crippen LogP contribution in [0.15, 0.2) is 30.5 Å². The van der Waals surface area contributed by atoms with Crippen LogP contribution in [0.4, 0.5) is 0 Å². The molecule has 0 bridgehead atoms. The van der Waals surface area contributed by atoms with Gasteiger partial charge in [-0.25, -0.2) is 0 Å². The Bertz CT molecular complexity index is 404. The molecule has 0 amide bonds. The molecular weight excluding hydrogens is 196 g/mol. The number of hydrogen-bond acceptors (Lipinski definition) is 1. The first-order chi connectivity index (χ1) is 7.48. The SMILES string of the molecule is C=C=Cc1cccc(CC(C)(C)C)c1OC. The van der Waals surface area contributed by atoms with Gasteiger partial charge in [0.05, 0.1) is 7.11 Å². The van der Waals surface area contributed by atoms with Crippen LogP contribution in [0, 0.1) is 5.41 Å². The molecule has 0 aliphatic rings. The van der Waals surface area contributed by atoms with E-state index in [1.165, 1.54) is 5.56 Å². The van der Waals surface area contributed by atoms with E-state index in [4.69, 9.17) is 4.74 Å². The quantitative estimate of drug-likeness (QED) is 0.692. The average Bonchev–Trinajstić information content (AvgIpc) is 2.16. The van der Waals surface area contributed by atoms with Crippen LogP contribution in [0.3, 0.4) is 0 Å². The summed E-state index contributed by atoms with van der Waals surface area (Å²) in [7, 11) is 1.71. The first-order valence-corrected chi connectivity index (χ1v) is 5.49. The normalized spacial score (nSPS) is 10.8. The monoisotopic (exact) mass is 216 g/mol. The molecule has 86 valence electrons. The van der Waals surface area contributed by atoms with Crippen LogP contribution in [-0.2, 0) is 6.42 Å². The molecule has 0 aliphatic heterocycles. The van der Waals surface area contributed by atoms with Crippen molar-refractivity contribution in [3.8, 4) is 5.75 Å². The molecule has 0 saturated heterocycles. The minimum atomic E-state index is 0.254. The van der Waals surface area contributed by atoms with E-state index in [2.05, 4.69) is 39.1 Å². The molecule has 1 nitrogen and oxygen atoms in total. The smallest absolute Gasteiger partial charge is 0.129 e. The van der Waals surface area contributed by atoms with Gasteiger partial charge in [-0.15, -0.1) is 5.73 Å². The van der Waals surface area contributed by atoms with Crippen molar-refractivity contribution < 1.29 is 4.74 Å². The molecule has 1 aromatic rings. The number of rotatable bonds is 3. The molecule has 1 rings (SSSR count). The lowest BCUT2D eigenvalue weighted by atomic mass is 9.87. The van der Waals surface area contributed by atoms with Crippen molar-refractivity contribution in [3.05, 3.63) is 41.6 Å². The highest BCUT2D eigenvalue weighted by Gasteiger charge is 2.15. The summed E-state index contributed by atoms with van der Waals surface area (Å²) in [5, 5.41) is 0. The summed E-state index contributed by atoms with van der Waals surface area (Å²) in [4.78, 5) is 0. The van der Waals surface area contributed by atoms with E-state index in [0.717, 1.165) is 17.7 Å². The topological polar surface area (TPSA) is 9.23 Å². The van der Waals surface area contributed by atoms with Crippen molar-refractivity contribution in [1.29, 1.82) is 0 Å². The number of benzene rings is 1. The van der Waals surface area contributed by atoms with Gasteiger partial charge in [0.25, 0.3) is 0 Å². The second kappa shape index (κ2) is 5.05. The van der Waals surface area contributed by atoms with Gasteiger partial charge in [-0.1, -0.05) is 45.5 Å². The Balaban J connectivity index is 3.18. The molecule has 0 fully saturated rings. The summed E-state index contributed by atoms with van der Waals surface area (Å²) in [6, 6.07) is 6.18. The van der Waals surface area contributed by atoms with Crippen molar-refractivity contribution in [1.82, 2.24) is 0 Å². The lowest BCUT2D eigenvalue weighted by molar-refractivity contribution is 0.378. The Morgan fingerprint density at radius 2 is 2.06 bits per heavy atom. The first-order valence-electron chi connectivity index (χ1n) is 5.49. The highest BCUT2D eigenvalue weighted by molar-refractivity contribution is 5.59. The molecule has 0 aromatic heterocycles. The van der Waals surface area contributed by atoms with Gasteiger partial charge in [0.1, 0.15) is 5.75 Å². The molecule has 0 spiro atoms. The van der Waals surface area contributed by atoms with Crippen LogP contribution in [0.5, 0.6) is 5.75 Å². The first kappa shape index (κ1) is 12.6. The van der Waals surface area contributed by atoms with E-state index >= 15 is 0 Å². The molecule has 1 aromatic carbocycles. The summed E-state index contributed by atoms with van der Waals surface area (Å²) in [6.45, 7) is 10.3. The van der Waals surface area contributed by atoms with Crippen molar-refractivity contribution in [3.63, 3.8) is 0 Å². The van der Waals surface area contributed by atoms with Crippen molar-refractivity contribution in [2.24, 2.45) is 5.41 Å². The highest BCUT2D eigenvalue weighted by atomic mass is 16.5. The second-order valence-electron chi connectivity index (χ2n) is 5.13. The molecule has 0 saturated carbocycles. The maximum atomic E-state index is 5.48. The van der Waals surface area contributed by atoms with Crippen LogP contribution in [0.2, 0.25) is 0 Å². The van der Waals surface area contributed by atoms with E-state index < -0.39 is 0 Å². The fourth-order valence-electron chi connectivity index (χ4n) is 1.79. The zero-order chi connectivity index (χ0) is 12.2. The summed E-state index contributed by atoms with van der Waals surface area (Å²) in [6.07, 6.45) is 2.85. The molecule has 0 radical (unpaired) electrons. The van der Waals surface area contributed by atoms with Gasteiger partial charge in [0, 0.05) is 5.56 Å². The lowest BCUT2D eigenvalue weighted by Crippen LogP contribution is -2.10. The van der Waals surface area contributed by atoms with Gasteiger partial charge in [-0.2, -0.15) is 0 Å². The van der Waals surface area contributed by atoms with E-state index in [-0.39, 0.29) is 5.41 Å². The summed E-state index contributed by atoms with van der Waals surface area (Å²) in [5.74, 6) is 0.938. The minimum Gasteiger partial charge on any atom is -0.496 e. The number of ether oxygens (including phenoxy) is 1. The minimum absolute atomic E-state index is 0.254. The predicted octanol–water partition coefficient (Wildman–Crippen LogP) is 4.08. The molecule has 1 heteroatoms. The summed E-state index contributed by atoms with van der Waals surface area (Å²) in [5.41, 5.74) is 5.32. The fraction of sp³-hybridized carbons (Fsp3) is 0.400. The van der Waals surface area contributed by atoms with E-state index in [1.807, 2.05) is 18.2 Å². The Morgan fingerprint density at radius 3 is 2.56 bits per heavy atom. The molecular formula is C15H20O. The zero-order valence-electron chi connectivity index (χ0n) is 10.6. The van der Waals surface area contributed by atoms with E-state index in [0.29, 0.717) is 0 Å². The molecule has 0 unspecified atom stereocenters. The summed E-state index contributed by atoms with van der Waals surface area (Å²) >= 11 is 0. The number of para-hydroxylation sites is 1. The molecule has 16 heavy (non-hydrogen) atoms. The number of hydrogen-bond donors (Lipinski definition) is 0. The van der Waals surface area contributed by atoms with Crippen molar-refractivity contribution >= 4 is 6.08 Å². The zero-order valence-corrected chi connectivity index (χ0v) is 10.6. The maximum absolute atomic E-state index is 5.48. The Morgan fingerprint density at radius 1 is 1.38 bits per heavy atom. The molecule has 0 atom stereocenters. The van der Waals surface area contributed by atoms with Crippen molar-refractivity contribution in [2.75, 3.05) is 7.11 Å². The van der Waals surface area contributed by atoms with Gasteiger partial charge >= 0.3 is 0 Å². The van der Waals surface area contributed by atoms with Gasteiger partial charge in [-0.05, 0) is 23.5 Å². The summed E-state index contributed by atoms with van der Waals surface area (Å²) < 4.78 is 5.48.